The molecule has 18 heavy (non-hydrogen) atoms. The second-order valence-electron chi connectivity index (χ2n) is 4.53. The van der Waals surface area contributed by atoms with Crippen LogP contribution in [0.2, 0.25) is 0 Å². The molecule has 0 N–H and O–H groups in total. The standard InChI is InChI=1S/C11H17NO5S/c1-8-7-10(12-16-8)11(17-18(2,13)14)9-3-5-15-6-4-9/h7,9,11H,3-6H2,1-2H3. The van der Waals surface area contributed by atoms with Crippen LogP contribution in [0.5, 0.6) is 0 Å². The number of rotatable bonds is 4. The van der Waals surface area contributed by atoms with Crippen LogP contribution >= 0.6 is 0 Å². The molecular weight excluding hydrogens is 258 g/mol. The molecule has 1 fully saturated rings. The molecule has 1 aliphatic rings. The fraction of sp³-hybridized carbons (Fsp3) is 0.727. The largest absolute Gasteiger partial charge is 0.381 e. The fourth-order valence-electron chi connectivity index (χ4n) is 2.10. The summed E-state index contributed by atoms with van der Waals surface area (Å²) < 4.78 is 38.1. The maximum Gasteiger partial charge on any atom is 0.265 e. The van der Waals surface area contributed by atoms with Gasteiger partial charge in [-0.3, -0.25) is 4.18 Å². The maximum atomic E-state index is 11.4. The molecule has 0 amide bonds. The lowest BCUT2D eigenvalue weighted by Crippen LogP contribution is -2.25. The van der Waals surface area contributed by atoms with Crippen molar-refractivity contribution in [3.63, 3.8) is 0 Å². The summed E-state index contributed by atoms with van der Waals surface area (Å²) in [6.07, 6.45) is 1.98. The lowest BCUT2D eigenvalue weighted by molar-refractivity contribution is 0.0173. The van der Waals surface area contributed by atoms with Crippen LogP contribution in [0.25, 0.3) is 0 Å². The van der Waals surface area contributed by atoms with E-state index in [9.17, 15) is 8.42 Å². The third-order valence-corrected chi connectivity index (χ3v) is 3.47. The number of nitrogens with zero attached hydrogens (tertiary/aromatic N) is 1. The van der Waals surface area contributed by atoms with E-state index in [1.54, 1.807) is 13.0 Å². The van der Waals surface area contributed by atoms with Crippen molar-refractivity contribution in [2.75, 3.05) is 19.5 Å². The van der Waals surface area contributed by atoms with Gasteiger partial charge in [0.2, 0.25) is 0 Å². The highest BCUT2D eigenvalue weighted by Gasteiger charge is 2.31. The van der Waals surface area contributed by atoms with Gasteiger partial charge in [-0.1, -0.05) is 5.16 Å². The van der Waals surface area contributed by atoms with Crippen LogP contribution in [0.15, 0.2) is 10.6 Å². The van der Waals surface area contributed by atoms with Crippen molar-refractivity contribution < 1.29 is 21.9 Å². The van der Waals surface area contributed by atoms with Crippen molar-refractivity contribution in [1.82, 2.24) is 5.16 Å². The Labute approximate surface area is 106 Å². The van der Waals surface area contributed by atoms with Crippen molar-refractivity contribution in [3.8, 4) is 0 Å². The zero-order chi connectivity index (χ0) is 13.2. The summed E-state index contributed by atoms with van der Waals surface area (Å²) in [5, 5.41) is 3.87. The minimum atomic E-state index is -3.53. The molecule has 0 aromatic carbocycles. The summed E-state index contributed by atoms with van der Waals surface area (Å²) in [6.45, 7) is 2.99. The monoisotopic (exact) mass is 275 g/mol. The van der Waals surface area contributed by atoms with Crippen LogP contribution in [0.3, 0.4) is 0 Å². The summed E-state index contributed by atoms with van der Waals surface area (Å²) in [4.78, 5) is 0. The van der Waals surface area contributed by atoms with Crippen LogP contribution in [0.4, 0.5) is 0 Å². The highest BCUT2D eigenvalue weighted by atomic mass is 32.2. The van der Waals surface area contributed by atoms with Crippen molar-refractivity contribution in [2.45, 2.75) is 25.9 Å². The van der Waals surface area contributed by atoms with Gasteiger partial charge in [0, 0.05) is 19.3 Å². The van der Waals surface area contributed by atoms with Gasteiger partial charge in [0.05, 0.1) is 6.26 Å². The molecule has 2 rings (SSSR count). The predicted molar refractivity (Wildman–Crippen MR) is 63.5 cm³/mol. The molecule has 6 nitrogen and oxygen atoms in total. The van der Waals surface area contributed by atoms with E-state index in [-0.39, 0.29) is 5.92 Å². The first-order valence-corrected chi connectivity index (χ1v) is 7.66. The number of ether oxygens (including phenoxy) is 1. The quantitative estimate of drug-likeness (QED) is 0.773. The molecular formula is C11H17NO5S. The van der Waals surface area contributed by atoms with Crippen molar-refractivity contribution >= 4 is 10.1 Å². The van der Waals surface area contributed by atoms with Crippen LogP contribution in [0, 0.1) is 12.8 Å². The first kappa shape index (κ1) is 13.5. The van der Waals surface area contributed by atoms with E-state index in [0.29, 0.717) is 24.7 Å². The van der Waals surface area contributed by atoms with Gasteiger partial charge in [-0.05, 0) is 25.7 Å². The predicted octanol–water partition coefficient (Wildman–Crippen LogP) is 1.43. The number of aromatic nitrogens is 1. The molecule has 0 spiro atoms. The molecule has 1 aromatic heterocycles. The van der Waals surface area contributed by atoms with Gasteiger partial charge in [-0.2, -0.15) is 8.42 Å². The van der Waals surface area contributed by atoms with Crippen LogP contribution in [-0.2, 0) is 19.0 Å². The Kier molecular flexibility index (Phi) is 4.04. The van der Waals surface area contributed by atoms with Gasteiger partial charge in [0.25, 0.3) is 10.1 Å². The van der Waals surface area contributed by atoms with E-state index in [4.69, 9.17) is 13.4 Å². The number of aryl methyl sites for hydroxylation is 1. The third kappa shape index (κ3) is 3.54. The number of hydrogen-bond acceptors (Lipinski definition) is 6. The van der Waals surface area contributed by atoms with E-state index in [0.717, 1.165) is 19.1 Å². The smallest absolute Gasteiger partial charge is 0.265 e. The minimum absolute atomic E-state index is 0.0815. The van der Waals surface area contributed by atoms with Crippen molar-refractivity contribution in [3.05, 3.63) is 17.5 Å². The van der Waals surface area contributed by atoms with E-state index < -0.39 is 16.2 Å². The summed E-state index contributed by atoms with van der Waals surface area (Å²) in [5.41, 5.74) is 0.532. The van der Waals surface area contributed by atoms with Gasteiger partial charge >= 0.3 is 0 Å². The average molecular weight is 275 g/mol. The first-order valence-electron chi connectivity index (χ1n) is 5.85. The zero-order valence-corrected chi connectivity index (χ0v) is 11.3. The zero-order valence-electron chi connectivity index (χ0n) is 10.5. The Balaban J connectivity index is 2.21. The molecule has 0 radical (unpaired) electrons. The Morgan fingerprint density at radius 3 is 2.61 bits per heavy atom. The summed E-state index contributed by atoms with van der Waals surface area (Å²) >= 11 is 0. The van der Waals surface area contributed by atoms with Gasteiger partial charge in [-0.15, -0.1) is 0 Å². The molecule has 7 heteroatoms. The Morgan fingerprint density at radius 1 is 1.44 bits per heavy atom. The second kappa shape index (κ2) is 5.38. The van der Waals surface area contributed by atoms with E-state index in [1.165, 1.54) is 0 Å². The first-order chi connectivity index (χ1) is 8.46. The molecule has 0 saturated carbocycles. The van der Waals surface area contributed by atoms with E-state index >= 15 is 0 Å². The summed E-state index contributed by atoms with van der Waals surface area (Å²) in [6, 6.07) is 1.71. The second-order valence-corrected chi connectivity index (χ2v) is 6.13. The average Bonchev–Trinajstić information content (AvgIpc) is 2.73. The molecule has 1 saturated heterocycles. The topological polar surface area (TPSA) is 78.6 Å². The molecule has 1 atom stereocenters. The molecule has 0 aliphatic carbocycles. The summed E-state index contributed by atoms with van der Waals surface area (Å²) in [5.74, 6) is 0.720. The summed E-state index contributed by atoms with van der Waals surface area (Å²) in [7, 11) is -3.53. The van der Waals surface area contributed by atoms with Crippen LogP contribution in [-0.4, -0.2) is 33.0 Å². The molecule has 0 bridgehead atoms. The highest BCUT2D eigenvalue weighted by molar-refractivity contribution is 7.86. The van der Waals surface area contributed by atoms with Gasteiger partial charge in [0.1, 0.15) is 17.6 Å². The third-order valence-electron chi connectivity index (χ3n) is 2.91. The van der Waals surface area contributed by atoms with Gasteiger partial charge < -0.3 is 9.26 Å². The SMILES string of the molecule is Cc1cc(C(OS(C)(=O)=O)C2CCOCC2)no1. The Bertz CT molecular complexity index is 489. The molecule has 1 aliphatic heterocycles. The highest BCUT2D eigenvalue weighted by Crippen LogP contribution is 2.33. The lowest BCUT2D eigenvalue weighted by Gasteiger charge is -2.27. The van der Waals surface area contributed by atoms with Crippen molar-refractivity contribution in [2.24, 2.45) is 5.92 Å². The van der Waals surface area contributed by atoms with Crippen molar-refractivity contribution in [1.29, 1.82) is 0 Å². The maximum absolute atomic E-state index is 11.4. The molecule has 1 unspecified atom stereocenters. The van der Waals surface area contributed by atoms with Crippen LogP contribution < -0.4 is 0 Å². The Hall–Kier alpha value is -0.920. The minimum Gasteiger partial charge on any atom is -0.381 e. The molecule has 2 heterocycles. The van der Waals surface area contributed by atoms with Gasteiger partial charge in [0.15, 0.2) is 0 Å². The Morgan fingerprint density at radius 2 is 2.11 bits per heavy atom. The number of hydrogen-bond donors (Lipinski definition) is 0. The normalized spacial score (nSPS) is 19.9. The molecule has 102 valence electrons. The lowest BCUT2D eigenvalue weighted by atomic mass is 9.92. The fourth-order valence-corrected chi connectivity index (χ4v) is 2.73. The van der Waals surface area contributed by atoms with E-state index in [1.807, 2.05) is 0 Å². The van der Waals surface area contributed by atoms with E-state index in [2.05, 4.69) is 5.16 Å². The van der Waals surface area contributed by atoms with Crippen LogP contribution in [0.1, 0.15) is 30.4 Å². The molecule has 1 aromatic rings. The van der Waals surface area contributed by atoms with Gasteiger partial charge in [-0.25, -0.2) is 0 Å².